The van der Waals surface area contributed by atoms with Crippen LogP contribution in [0.25, 0.3) is 0 Å². The van der Waals surface area contributed by atoms with Crippen LogP contribution >= 0.6 is 22.9 Å². The molecule has 0 aliphatic heterocycles. The van der Waals surface area contributed by atoms with Crippen molar-refractivity contribution in [1.29, 1.82) is 0 Å². The number of nitrogens with two attached hydrogens (primary N) is 1. The lowest BCUT2D eigenvalue weighted by Gasteiger charge is -2.11. The maximum Gasteiger partial charge on any atom is 0.417 e. The molecular weight excluding hydrogens is 569 g/mol. The van der Waals surface area contributed by atoms with Gasteiger partial charge in [0, 0.05) is 35.3 Å². The van der Waals surface area contributed by atoms with Crippen LogP contribution in [0.3, 0.4) is 0 Å². The van der Waals surface area contributed by atoms with Gasteiger partial charge in [-0.15, -0.1) is 16.2 Å². The second kappa shape index (κ2) is 12.4. The number of halogens is 4. The number of sulfonamides is 1. The molecular formula is C22H22ClF3N6O4S2. The lowest BCUT2D eigenvalue weighted by molar-refractivity contribution is -0.137. The van der Waals surface area contributed by atoms with Crippen LogP contribution in [0.5, 0.6) is 0 Å². The van der Waals surface area contributed by atoms with E-state index < -0.39 is 27.7 Å². The summed E-state index contributed by atoms with van der Waals surface area (Å²) in [6.07, 6.45) is -3.82. The van der Waals surface area contributed by atoms with E-state index in [0.717, 1.165) is 17.4 Å². The molecule has 2 amide bonds. The quantitative estimate of drug-likeness (QED) is 0.130. The number of alkyl halides is 3. The minimum atomic E-state index is -4.57. The molecule has 0 aliphatic rings. The molecule has 0 aliphatic carbocycles. The fourth-order valence-electron chi connectivity index (χ4n) is 2.92. The maximum absolute atomic E-state index is 12.7. The van der Waals surface area contributed by atoms with E-state index in [9.17, 15) is 31.2 Å². The van der Waals surface area contributed by atoms with E-state index in [1.807, 2.05) is 4.83 Å². The number of rotatable bonds is 11. The molecule has 10 nitrogen and oxygen atoms in total. The third-order valence-electron chi connectivity index (χ3n) is 4.86. The molecule has 0 fully saturated rings. The number of anilines is 2. The van der Waals surface area contributed by atoms with Gasteiger partial charge in [-0.1, -0.05) is 11.6 Å². The Hall–Kier alpha value is -3.40. The molecule has 0 saturated heterocycles. The summed E-state index contributed by atoms with van der Waals surface area (Å²) in [5.41, 5.74) is 7.63. The Labute approximate surface area is 224 Å². The van der Waals surface area contributed by atoms with E-state index in [0.29, 0.717) is 22.3 Å². The Morgan fingerprint density at radius 1 is 1.11 bits per heavy atom. The zero-order chi connectivity index (χ0) is 27.9. The summed E-state index contributed by atoms with van der Waals surface area (Å²) in [5.74, 6) is -0.951. The number of nitrogens with zero attached hydrogens (tertiary/aromatic N) is 1. The molecule has 2 heterocycles. The average molecular weight is 591 g/mol. The van der Waals surface area contributed by atoms with Gasteiger partial charge in [-0.2, -0.15) is 13.2 Å². The first kappa shape index (κ1) is 29.2. The molecule has 0 bridgehead atoms. The zero-order valence-corrected chi connectivity index (χ0v) is 21.8. The standard InChI is InChI=1S/C22H22ClF3N6O4S2/c23-17-10-14(22(24,25)26)11-29-20(17)28-9-1-2-18(33)31-32-38(35,36)19-8-7-16(37-19)12-30-21(34)13-3-5-15(27)6-4-13/h3-8,10-11,32H,1-2,9,12,27H2,(H,28,29)(H,30,34)(H,31,33). The number of nitrogens with one attached hydrogen (secondary N) is 4. The SMILES string of the molecule is Nc1ccc(C(=O)NCc2ccc(S(=O)(=O)NNC(=O)CCCNc3ncc(C(F)(F)F)cc3Cl)s2)cc1. The van der Waals surface area contributed by atoms with Crippen LogP contribution in [0.15, 0.2) is 52.9 Å². The van der Waals surface area contributed by atoms with Crippen molar-refractivity contribution in [1.82, 2.24) is 20.6 Å². The molecule has 0 radical (unpaired) electrons. The van der Waals surface area contributed by atoms with E-state index in [2.05, 4.69) is 21.0 Å². The van der Waals surface area contributed by atoms with Gasteiger partial charge >= 0.3 is 6.18 Å². The topological polar surface area (TPSA) is 155 Å². The van der Waals surface area contributed by atoms with Crippen LogP contribution in [0, 0.1) is 0 Å². The Morgan fingerprint density at radius 2 is 1.82 bits per heavy atom. The summed E-state index contributed by atoms with van der Waals surface area (Å²) in [6, 6.07) is 9.94. The van der Waals surface area contributed by atoms with E-state index in [1.54, 1.807) is 24.3 Å². The Bertz CT molecular complexity index is 1400. The second-order valence-corrected chi connectivity index (χ2v) is 11.2. The van der Waals surface area contributed by atoms with Crippen molar-refractivity contribution in [2.45, 2.75) is 29.8 Å². The van der Waals surface area contributed by atoms with E-state index >= 15 is 0 Å². The van der Waals surface area contributed by atoms with Crippen LogP contribution in [-0.2, 0) is 27.5 Å². The summed E-state index contributed by atoms with van der Waals surface area (Å²) in [7, 11) is -4.05. The monoisotopic (exact) mass is 590 g/mol. The van der Waals surface area contributed by atoms with Crippen LogP contribution in [0.1, 0.15) is 33.6 Å². The molecule has 204 valence electrons. The van der Waals surface area contributed by atoms with Crippen LogP contribution < -0.4 is 26.6 Å². The lowest BCUT2D eigenvalue weighted by atomic mass is 10.2. The summed E-state index contributed by atoms with van der Waals surface area (Å²) in [5, 5.41) is 5.17. The molecule has 0 saturated carbocycles. The molecule has 16 heteroatoms. The van der Waals surface area contributed by atoms with Gasteiger partial charge in [0.1, 0.15) is 10.0 Å². The Morgan fingerprint density at radius 3 is 2.47 bits per heavy atom. The predicted octanol–water partition coefficient (Wildman–Crippen LogP) is 3.53. The highest BCUT2D eigenvalue weighted by Gasteiger charge is 2.31. The Balaban J connectivity index is 1.41. The summed E-state index contributed by atoms with van der Waals surface area (Å²) < 4.78 is 62.8. The van der Waals surface area contributed by atoms with Gasteiger partial charge in [0.05, 0.1) is 17.1 Å². The van der Waals surface area contributed by atoms with Gasteiger partial charge in [0.15, 0.2) is 0 Å². The number of carbonyl (C=O) groups excluding carboxylic acids is 2. The van der Waals surface area contributed by atoms with Crippen molar-refractivity contribution < 1.29 is 31.2 Å². The largest absolute Gasteiger partial charge is 0.417 e. The number of hydrogen-bond donors (Lipinski definition) is 5. The first-order valence-corrected chi connectivity index (χ1v) is 13.5. The number of amides is 2. The van der Waals surface area contributed by atoms with Crippen LogP contribution in [-0.4, -0.2) is 31.8 Å². The van der Waals surface area contributed by atoms with Crippen molar-refractivity contribution >= 4 is 56.3 Å². The minimum Gasteiger partial charge on any atom is -0.399 e. The molecule has 38 heavy (non-hydrogen) atoms. The van der Waals surface area contributed by atoms with Gasteiger partial charge < -0.3 is 16.4 Å². The van der Waals surface area contributed by atoms with Gasteiger partial charge in [-0.25, -0.2) is 13.4 Å². The highest BCUT2D eigenvalue weighted by atomic mass is 35.5. The third-order valence-corrected chi connectivity index (χ3v) is 7.98. The first-order valence-electron chi connectivity index (χ1n) is 10.8. The fraction of sp³-hybridized carbons (Fsp3) is 0.227. The number of carbonyl (C=O) groups is 2. The van der Waals surface area contributed by atoms with Crippen LogP contribution in [0.2, 0.25) is 5.02 Å². The highest BCUT2D eigenvalue weighted by Crippen LogP contribution is 2.32. The normalized spacial score (nSPS) is 11.7. The number of benzene rings is 1. The first-order chi connectivity index (χ1) is 17.8. The number of nitrogen functional groups attached to an aromatic ring is 1. The molecule has 3 rings (SSSR count). The van der Waals surface area contributed by atoms with Crippen molar-refractivity contribution in [3.05, 3.63) is 69.7 Å². The molecule has 0 atom stereocenters. The third kappa shape index (κ3) is 8.31. The van der Waals surface area contributed by atoms with Crippen molar-refractivity contribution in [3.63, 3.8) is 0 Å². The average Bonchev–Trinajstić information content (AvgIpc) is 3.35. The molecule has 3 aromatic rings. The highest BCUT2D eigenvalue weighted by molar-refractivity contribution is 7.91. The van der Waals surface area contributed by atoms with E-state index in [-0.39, 0.29) is 46.9 Å². The van der Waals surface area contributed by atoms with Crippen molar-refractivity contribution in [3.8, 4) is 0 Å². The van der Waals surface area contributed by atoms with Crippen LogP contribution in [0.4, 0.5) is 24.7 Å². The predicted molar refractivity (Wildman–Crippen MR) is 137 cm³/mol. The summed E-state index contributed by atoms with van der Waals surface area (Å²) in [6.45, 7) is 0.245. The van der Waals surface area contributed by atoms with E-state index in [1.165, 1.54) is 12.1 Å². The van der Waals surface area contributed by atoms with Crippen molar-refractivity contribution in [2.24, 2.45) is 0 Å². The molecule has 6 N–H and O–H groups in total. The molecule has 0 unspecified atom stereocenters. The number of pyridine rings is 1. The number of aromatic nitrogens is 1. The molecule has 1 aromatic carbocycles. The zero-order valence-electron chi connectivity index (χ0n) is 19.4. The summed E-state index contributed by atoms with van der Waals surface area (Å²) >= 11 is 6.72. The number of hydrazine groups is 1. The second-order valence-electron chi connectivity index (χ2n) is 7.76. The minimum absolute atomic E-state index is 0.0268. The smallest absolute Gasteiger partial charge is 0.399 e. The van der Waals surface area contributed by atoms with Gasteiger partial charge in [0.2, 0.25) is 5.91 Å². The maximum atomic E-state index is 12.7. The van der Waals surface area contributed by atoms with E-state index in [4.69, 9.17) is 17.3 Å². The van der Waals surface area contributed by atoms with Gasteiger partial charge in [0.25, 0.3) is 15.9 Å². The van der Waals surface area contributed by atoms with Gasteiger partial charge in [-0.3, -0.25) is 15.0 Å². The molecule has 0 spiro atoms. The number of hydrogen-bond acceptors (Lipinski definition) is 8. The van der Waals surface area contributed by atoms with Gasteiger partial charge in [-0.05, 0) is 48.9 Å². The Kier molecular flexibility index (Phi) is 9.54. The lowest BCUT2D eigenvalue weighted by Crippen LogP contribution is -2.41. The van der Waals surface area contributed by atoms with Crippen molar-refractivity contribution in [2.75, 3.05) is 17.6 Å². The number of thiophene rings is 1. The fourth-order valence-corrected chi connectivity index (χ4v) is 5.31. The molecule has 2 aromatic heterocycles. The summed E-state index contributed by atoms with van der Waals surface area (Å²) in [4.78, 5) is 30.4.